The van der Waals surface area contributed by atoms with Crippen molar-refractivity contribution < 1.29 is 17.9 Å². The number of hydrogen-bond donors (Lipinski definition) is 1. The van der Waals surface area contributed by atoms with Gasteiger partial charge < -0.3 is 9.64 Å². The van der Waals surface area contributed by atoms with Crippen molar-refractivity contribution in [1.82, 2.24) is 20.2 Å². The van der Waals surface area contributed by atoms with E-state index in [1.807, 2.05) is 0 Å². The highest BCUT2D eigenvalue weighted by molar-refractivity contribution is 5.70. The Morgan fingerprint density at radius 3 is 2.93 bits per heavy atom. The molecule has 0 amide bonds. The molecule has 0 saturated carbocycles. The monoisotopic (exact) mass is 377 g/mol. The molecule has 27 heavy (non-hydrogen) atoms. The van der Waals surface area contributed by atoms with Gasteiger partial charge in [-0.05, 0) is 25.0 Å². The van der Waals surface area contributed by atoms with Crippen LogP contribution in [-0.2, 0) is 6.18 Å². The van der Waals surface area contributed by atoms with Crippen LogP contribution >= 0.6 is 0 Å². The number of rotatable bonds is 4. The first-order valence-electron chi connectivity index (χ1n) is 8.71. The quantitative estimate of drug-likeness (QED) is 0.752. The van der Waals surface area contributed by atoms with Crippen molar-refractivity contribution in [1.29, 1.82) is 0 Å². The Hall–Kier alpha value is -2.84. The first-order chi connectivity index (χ1) is 13.0. The lowest BCUT2D eigenvalue weighted by Gasteiger charge is -2.33. The summed E-state index contributed by atoms with van der Waals surface area (Å²) in [6, 6.07) is 5.31. The largest absolute Gasteiger partial charge is 0.493 e. The normalized spacial score (nSPS) is 18.0. The van der Waals surface area contributed by atoms with E-state index in [0.717, 1.165) is 31.3 Å². The number of anilines is 1. The van der Waals surface area contributed by atoms with Crippen LogP contribution in [0, 0.1) is 5.92 Å². The number of H-pyrrole nitrogens is 1. The van der Waals surface area contributed by atoms with Crippen LogP contribution in [-0.4, -0.2) is 39.9 Å². The fraction of sp³-hybridized carbons (Fsp3) is 0.389. The summed E-state index contributed by atoms with van der Waals surface area (Å²) in [5, 5.41) is 6.71. The number of fused-ring (bicyclic) bond motifs is 1. The second kappa shape index (κ2) is 7.05. The topological polar surface area (TPSA) is 66.9 Å². The van der Waals surface area contributed by atoms with Crippen LogP contribution < -0.4 is 9.64 Å². The number of aromatic nitrogens is 4. The number of nitrogens with zero attached hydrogens (tertiary/aromatic N) is 4. The molecule has 0 aliphatic carbocycles. The summed E-state index contributed by atoms with van der Waals surface area (Å²) in [4.78, 5) is 10.9. The maximum Gasteiger partial charge on any atom is 0.419 e. The number of nitrogens with one attached hydrogen (secondary N) is 1. The molecule has 1 aliphatic heterocycles. The molecule has 1 aromatic carbocycles. The van der Waals surface area contributed by atoms with Crippen molar-refractivity contribution in [2.75, 3.05) is 24.6 Å². The fourth-order valence-corrected chi connectivity index (χ4v) is 3.32. The van der Waals surface area contributed by atoms with E-state index < -0.39 is 11.7 Å². The lowest BCUT2D eigenvalue weighted by atomic mass is 9.99. The Morgan fingerprint density at radius 2 is 2.07 bits per heavy atom. The summed E-state index contributed by atoms with van der Waals surface area (Å²) < 4.78 is 44.8. The Kier molecular flexibility index (Phi) is 4.59. The van der Waals surface area contributed by atoms with Crippen LogP contribution in [0.25, 0.3) is 11.2 Å². The van der Waals surface area contributed by atoms with E-state index in [-0.39, 0.29) is 18.3 Å². The van der Waals surface area contributed by atoms with Gasteiger partial charge in [0.1, 0.15) is 17.1 Å². The van der Waals surface area contributed by atoms with Gasteiger partial charge >= 0.3 is 6.18 Å². The minimum atomic E-state index is -4.43. The molecule has 1 N–H and O–H groups in total. The highest BCUT2D eigenvalue weighted by atomic mass is 19.4. The minimum absolute atomic E-state index is 0.110. The van der Waals surface area contributed by atoms with E-state index in [1.165, 1.54) is 12.1 Å². The van der Waals surface area contributed by atoms with E-state index >= 15 is 0 Å². The Labute approximate surface area is 153 Å². The maximum atomic E-state index is 13.1. The number of benzene rings is 1. The molecule has 1 atom stereocenters. The number of piperidine rings is 1. The van der Waals surface area contributed by atoms with Crippen LogP contribution in [0.5, 0.6) is 5.75 Å². The molecule has 142 valence electrons. The highest BCUT2D eigenvalue weighted by Crippen LogP contribution is 2.36. The first-order valence-corrected chi connectivity index (χ1v) is 8.71. The zero-order valence-electron chi connectivity index (χ0n) is 14.4. The number of alkyl halides is 3. The van der Waals surface area contributed by atoms with Gasteiger partial charge in [0, 0.05) is 19.0 Å². The summed E-state index contributed by atoms with van der Waals surface area (Å²) in [6.45, 7) is 1.70. The maximum absolute atomic E-state index is 13.1. The van der Waals surface area contributed by atoms with Gasteiger partial charge in [0.2, 0.25) is 0 Å². The Bertz CT molecular complexity index is 927. The van der Waals surface area contributed by atoms with Gasteiger partial charge in [-0.25, -0.2) is 9.97 Å². The van der Waals surface area contributed by atoms with Gasteiger partial charge in [-0.15, -0.1) is 0 Å². The summed E-state index contributed by atoms with van der Waals surface area (Å²) in [5.41, 5.74) is 0.567. The lowest BCUT2D eigenvalue weighted by molar-refractivity contribution is -0.139. The molecular formula is C18H18F3N5O. The van der Waals surface area contributed by atoms with Gasteiger partial charge in [-0.3, -0.25) is 5.10 Å². The summed E-state index contributed by atoms with van der Waals surface area (Å²) in [7, 11) is 0. The van der Waals surface area contributed by atoms with Crippen LogP contribution in [0.4, 0.5) is 19.0 Å². The van der Waals surface area contributed by atoms with Crippen molar-refractivity contribution in [3.63, 3.8) is 0 Å². The van der Waals surface area contributed by atoms with Gasteiger partial charge in [0.15, 0.2) is 5.65 Å². The molecule has 0 spiro atoms. The minimum Gasteiger partial charge on any atom is -0.493 e. The number of para-hydroxylation sites is 1. The average molecular weight is 377 g/mol. The molecular weight excluding hydrogens is 359 g/mol. The van der Waals surface area contributed by atoms with Gasteiger partial charge in [0.25, 0.3) is 0 Å². The molecule has 3 heterocycles. The molecule has 1 fully saturated rings. The molecule has 0 bridgehead atoms. The van der Waals surface area contributed by atoms with Gasteiger partial charge in [-0.1, -0.05) is 12.1 Å². The zero-order valence-corrected chi connectivity index (χ0v) is 14.4. The molecule has 9 heteroatoms. The Morgan fingerprint density at radius 1 is 1.22 bits per heavy atom. The van der Waals surface area contributed by atoms with E-state index in [9.17, 15) is 13.2 Å². The number of ether oxygens (including phenoxy) is 1. The first kappa shape index (κ1) is 17.6. The third-order valence-electron chi connectivity index (χ3n) is 4.66. The second-order valence-electron chi connectivity index (χ2n) is 6.59. The molecule has 2 aromatic heterocycles. The number of aromatic amines is 1. The zero-order chi connectivity index (χ0) is 18.9. The van der Waals surface area contributed by atoms with E-state index in [2.05, 4.69) is 25.1 Å². The van der Waals surface area contributed by atoms with Crippen molar-refractivity contribution in [3.05, 3.63) is 42.2 Å². The molecule has 4 rings (SSSR count). The SMILES string of the molecule is FC(F)(F)c1ccccc1OCC1CCCN(c2cnc3cn[nH]c3n2)C1. The van der Waals surface area contributed by atoms with Crippen LogP contribution in [0.2, 0.25) is 0 Å². The van der Waals surface area contributed by atoms with Crippen molar-refractivity contribution >= 4 is 17.0 Å². The van der Waals surface area contributed by atoms with Crippen LogP contribution in [0.15, 0.2) is 36.7 Å². The number of halogens is 3. The molecule has 1 aliphatic rings. The van der Waals surface area contributed by atoms with Crippen LogP contribution in [0.3, 0.4) is 0 Å². The molecule has 0 radical (unpaired) electrons. The van der Waals surface area contributed by atoms with E-state index in [4.69, 9.17) is 4.74 Å². The third kappa shape index (κ3) is 3.81. The third-order valence-corrected chi connectivity index (χ3v) is 4.66. The molecule has 6 nitrogen and oxygen atoms in total. The molecule has 1 unspecified atom stereocenters. The van der Waals surface area contributed by atoms with Crippen molar-refractivity contribution in [2.45, 2.75) is 19.0 Å². The fourth-order valence-electron chi connectivity index (χ4n) is 3.32. The second-order valence-corrected chi connectivity index (χ2v) is 6.59. The highest BCUT2D eigenvalue weighted by Gasteiger charge is 2.34. The Balaban J connectivity index is 1.43. The lowest BCUT2D eigenvalue weighted by Crippen LogP contribution is -2.38. The van der Waals surface area contributed by atoms with E-state index in [1.54, 1.807) is 18.5 Å². The van der Waals surface area contributed by atoms with Crippen molar-refractivity contribution in [2.24, 2.45) is 5.92 Å². The predicted molar refractivity (Wildman–Crippen MR) is 93.6 cm³/mol. The molecule has 3 aromatic rings. The predicted octanol–water partition coefficient (Wildman–Crippen LogP) is 3.67. The summed E-state index contributed by atoms with van der Waals surface area (Å²) >= 11 is 0. The average Bonchev–Trinajstić information content (AvgIpc) is 3.14. The van der Waals surface area contributed by atoms with Crippen molar-refractivity contribution in [3.8, 4) is 5.75 Å². The number of hydrogen-bond acceptors (Lipinski definition) is 5. The van der Waals surface area contributed by atoms with Gasteiger partial charge in [-0.2, -0.15) is 18.3 Å². The standard InChI is InChI=1S/C18H18F3N5O/c19-18(20,21)13-5-1-2-6-15(13)27-11-12-4-3-7-26(10-12)16-9-22-14-8-23-25-17(14)24-16/h1-2,5-6,8-9,12H,3-4,7,10-11H2,(H,23,24,25). The summed E-state index contributed by atoms with van der Waals surface area (Å²) in [6.07, 6.45) is 0.684. The smallest absolute Gasteiger partial charge is 0.419 e. The van der Waals surface area contributed by atoms with Gasteiger partial charge in [0.05, 0.1) is 24.6 Å². The van der Waals surface area contributed by atoms with Crippen LogP contribution in [0.1, 0.15) is 18.4 Å². The summed E-state index contributed by atoms with van der Waals surface area (Å²) in [5.74, 6) is 0.715. The van der Waals surface area contributed by atoms with E-state index in [0.29, 0.717) is 17.7 Å². The molecule has 1 saturated heterocycles.